The molecule has 5 rings (SSSR count). The molecule has 0 aromatic heterocycles. The number of hydrogen-bond acceptors (Lipinski definition) is 6. The number of Topliss-reactive ketones (excluding diaryl/α,β-unsaturated/α-hetero) is 1. The van der Waals surface area contributed by atoms with Gasteiger partial charge in [-0.25, -0.2) is 0 Å². The molecule has 0 bridgehead atoms. The molecule has 142 valence electrons. The van der Waals surface area contributed by atoms with E-state index in [9.17, 15) is 14.8 Å². The quantitative estimate of drug-likeness (QED) is 0.458. The molecule has 0 aromatic rings. The normalized spacial score (nSPS) is 39.0. The molecule has 3 heterocycles. The second-order valence-corrected chi connectivity index (χ2v) is 8.16. The minimum Gasteiger partial charge on any atom is -0.468 e. The molecule has 1 fully saturated rings. The minimum absolute atomic E-state index is 0.0832. The van der Waals surface area contributed by atoms with Crippen molar-refractivity contribution in [3.63, 3.8) is 0 Å². The third-order valence-electron chi connectivity index (χ3n) is 7.31. The smallest absolute Gasteiger partial charge is 0.323 e. The van der Waals surface area contributed by atoms with Gasteiger partial charge >= 0.3 is 5.97 Å². The van der Waals surface area contributed by atoms with Crippen molar-refractivity contribution in [2.45, 2.75) is 31.7 Å². The van der Waals surface area contributed by atoms with E-state index in [1.165, 1.54) is 12.7 Å². The van der Waals surface area contributed by atoms with Gasteiger partial charge in [-0.05, 0) is 30.4 Å². The van der Waals surface area contributed by atoms with Crippen LogP contribution in [0.5, 0.6) is 0 Å². The summed E-state index contributed by atoms with van der Waals surface area (Å²) in [6.07, 6.45) is 10.0. The summed E-state index contributed by atoms with van der Waals surface area (Å²) in [7, 11) is 1.33. The van der Waals surface area contributed by atoms with Gasteiger partial charge in [-0.15, -0.1) is 6.58 Å². The monoisotopic (exact) mass is 368 g/mol. The van der Waals surface area contributed by atoms with E-state index in [2.05, 4.69) is 11.5 Å². The van der Waals surface area contributed by atoms with Gasteiger partial charge < -0.3 is 9.64 Å². The summed E-state index contributed by atoms with van der Waals surface area (Å²) in [5, 5.41) is 11.8. The van der Waals surface area contributed by atoms with Crippen LogP contribution in [0.15, 0.2) is 47.9 Å². The molecule has 1 saturated heterocycles. The highest BCUT2D eigenvalue weighted by molar-refractivity contribution is 6.09. The topological polar surface area (TPSA) is 70.1 Å². The van der Waals surface area contributed by atoms with Crippen LogP contribution in [0.4, 0.5) is 0 Å². The molecule has 0 aromatic carbocycles. The lowest BCUT2D eigenvalue weighted by atomic mass is 9.48. The summed E-state index contributed by atoms with van der Waals surface area (Å²) < 4.78 is 5.26. The molecular weight excluding hydrogens is 344 g/mol. The van der Waals surface area contributed by atoms with Gasteiger partial charge in [0.25, 0.3) is 0 Å². The average Bonchev–Trinajstić information content (AvgIpc) is 3.19. The number of ketones is 1. The van der Waals surface area contributed by atoms with E-state index < -0.39 is 22.8 Å². The predicted molar refractivity (Wildman–Crippen MR) is 97.3 cm³/mol. The number of allylic oxidation sites excluding steroid dienone is 3. The van der Waals surface area contributed by atoms with Crippen molar-refractivity contribution < 1.29 is 19.5 Å². The summed E-state index contributed by atoms with van der Waals surface area (Å²) >= 11 is 0. The zero-order valence-corrected chi connectivity index (χ0v) is 15.5. The van der Waals surface area contributed by atoms with Gasteiger partial charge in [0.2, 0.25) is 0 Å². The Labute approximate surface area is 158 Å². The van der Waals surface area contributed by atoms with Gasteiger partial charge in [-0.2, -0.15) is 0 Å². The third kappa shape index (κ3) is 1.62. The Morgan fingerprint density at radius 1 is 1.48 bits per heavy atom. The Balaban J connectivity index is 1.91. The number of ether oxygens (including phenoxy) is 1. The van der Waals surface area contributed by atoms with E-state index in [1.807, 2.05) is 6.08 Å². The largest absolute Gasteiger partial charge is 0.468 e. The molecule has 2 unspecified atom stereocenters. The van der Waals surface area contributed by atoms with E-state index >= 15 is 0 Å². The Kier molecular flexibility index (Phi) is 3.33. The lowest BCUT2D eigenvalue weighted by molar-refractivity contribution is -0.190. The van der Waals surface area contributed by atoms with Gasteiger partial charge in [0.15, 0.2) is 11.2 Å². The number of hydrogen-bond donors (Lipinski definition) is 1. The standard InChI is InChI=1S/C21H24N2O4/c1-3-14-11-22-9-5-6-13-10-15-12-23(26)16-7-4-8-17(24)21(16,19(25)27-2)20(14,15)18(13)22/h3-4,7,12,14,16,26H,1,5-6,8-11H2,2H3/t14-,16?,20?,21+/m1/s1. The second kappa shape index (κ2) is 5.35. The number of nitrogens with zero attached hydrogens (tertiary/aromatic N) is 2. The Hall–Kier alpha value is -2.34. The highest BCUT2D eigenvalue weighted by Crippen LogP contribution is 2.71. The van der Waals surface area contributed by atoms with Crippen molar-refractivity contribution in [3.05, 3.63) is 47.9 Å². The number of rotatable bonds is 2. The minimum atomic E-state index is -1.49. The molecule has 1 N–H and O–H groups in total. The Bertz CT molecular complexity index is 856. The zero-order valence-electron chi connectivity index (χ0n) is 15.5. The number of fused-ring (bicyclic) bond motifs is 1. The fourth-order valence-electron chi connectivity index (χ4n) is 6.57. The fourth-order valence-corrected chi connectivity index (χ4v) is 6.57. The van der Waals surface area contributed by atoms with Crippen molar-refractivity contribution in [3.8, 4) is 0 Å². The number of carbonyl (C=O) groups is 2. The van der Waals surface area contributed by atoms with E-state index in [-0.39, 0.29) is 18.1 Å². The molecule has 3 aliphatic heterocycles. The average molecular weight is 368 g/mol. The van der Waals surface area contributed by atoms with Crippen LogP contribution in [0.3, 0.4) is 0 Å². The summed E-state index contributed by atoms with van der Waals surface area (Å²) in [6.45, 7) is 5.73. The summed E-state index contributed by atoms with van der Waals surface area (Å²) in [4.78, 5) is 29.3. The van der Waals surface area contributed by atoms with E-state index in [0.29, 0.717) is 6.42 Å². The van der Waals surface area contributed by atoms with Gasteiger partial charge in [0.1, 0.15) is 0 Å². The van der Waals surface area contributed by atoms with Crippen LogP contribution < -0.4 is 0 Å². The molecule has 0 amide bonds. The van der Waals surface area contributed by atoms with Crippen LogP contribution in [-0.4, -0.2) is 53.2 Å². The van der Waals surface area contributed by atoms with Gasteiger partial charge in [-0.3, -0.25) is 19.9 Å². The summed E-state index contributed by atoms with van der Waals surface area (Å²) in [6, 6.07) is -0.772. The van der Waals surface area contributed by atoms with Crippen molar-refractivity contribution in [1.29, 1.82) is 0 Å². The second-order valence-electron chi connectivity index (χ2n) is 8.16. The highest BCUT2D eigenvalue weighted by atomic mass is 16.5. The molecule has 27 heavy (non-hydrogen) atoms. The number of methoxy groups -OCH3 is 1. The number of carbonyl (C=O) groups excluding carboxylic acids is 2. The van der Waals surface area contributed by atoms with Crippen LogP contribution in [0.25, 0.3) is 0 Å². The van der Waals surface area contributed by atoms with Crippen LogP contribution in [-0.2, 0) is 14.3 Å². The molecule has 0 saturated carbocycles. The molecule has 2 aliphatic carbocycles. The lowest BCUT2D eigenvalue weighted by Gasteiger charge is -2.56. The molecule has 1 spiro atoms. The predicted octanol–water partition coefficient (Wildman–Crippen LogP) is 2.19. The molecule has 6 nitrogen and oxygen atoms in total. The summed E-state index contributed by atoms with van der Waals surface area (Å²) in [5.74, 6) is -0.820. The van der Waals surface area contributed by atoms with Crippen molar-refractivity contribution in [2.75, 3.05) is 20.2 Å². The van der Waals surface area contributed by atoms with Crippen molar-refractivity contribution >= 4 is 11.8 Å². The molecule has 6 heteroatoms. The first-order chi connectivity index (χ1) is 13.0. The van der Waals surface area contributed by atoms with Crippen molar-refractivity contribution in [2.24, 2.45) is 16.7 Å². The molecular formula is C21H24N2O4. The molecule has 5 aliphatic rings. The van der Waals surface area contributed by atoms with Crippen LogP contribution >= 0.6 is 0 Å². The maximum absolute atomic E-state index is 13.6. The first-order valence-corrected chi connectivity index (χ1v) is 9.60. The van der Waals surface area contributed by atoms with E-state index in [1.54, 1.807) is 18.4 Å². The maximum atomic E-state index is 13.6. The van der Waals surface area contributed by atoms with Crippen LogP contribution in [0, 0.1) is 16.7 Å². The van der Waals surface area contributed by atoms with E-state index in [4.69, 9.17) is 4.74 Å². The maximum Gasteiger partial charge on any atom is 0.323 e. The van der Waals surface area contributed by atoms with E-state index in [0.717, 1.165) is 42.3 Å². The Morgan fingerprint density at radius 3 is 3.04 bits per heavy atom. The number of hydroxylamine groups is 2. The molecule has 0 radical (unpaired) electrons. The highest BCUT2D eigenvalue weighted by Gasteiger charge is 2.77. The van der Waals surface area contributed by atoms with Crippen molar-refractivity contribution in [1.82, 2.24) is 9.96 Å². The van der Waals surface area contributed by atoms with Crippen LogP contribution in [0.2, 0.25) is 0 Å². The van der Waals surface area contributed by atoms with Gasteiger partial charge in [0.05, 0.1) is 18.6 Å². The SMILES string of the molecule is C=C[C@@H]1CN2CCCC3=C2C12C(=CN(O)C1C=CCC(=O)[C@]12C(=O)OC)C3. The summed E-state index contributed by atoms with van der Waals surface area (Å²) in [5.41, 5.74) is 1.06. The molecule has 4 atom stereocenters. The van der Waals surface area contributed by atoms with Gasteiger partial charge in [0, 0.05) is 37.3 Å². The first kappa shape index (κ1) is 16.8. The zero-order chi connectivity index (χ0) is 19.0. The number of esters is 1. The lowest BCUT2D eigenvalue weighted by Crippen LogP contribution is -2.68. The van der Waals surface area contributed by atoms with Gasteiger partial charge in [-0.1, -0.05) is 18.2 Å². The fraction of sp³-hybridized carbons (Fsp3) is 0.524. The Morgan fingerprint density at radius 2 is 2.30 bits per heavy atom. The first-order valence-electron chi connectivity index (χ1n) is 9.60. The third-order valence-corrected chi connectivity index (χ3v) is 7.31. The van der Waals surface area contributed by atoms with Crippen LogP contribution in [0.1, 0.15) is 25.7 Å².